The Morgan fingerprint density at radius 2 is 2.14 bits per heavy atom. The lowest BCUT2D eigenvalue weighted by Crippen LogP contribution is -2.32. The Balaban J connectivity index is 1.48. The second-order valence-corrected chi connectivity index (χ2v) is 8.68. The van der Waals surface area contributed by atoms with Crippen LogP contribution in [0.15, 0.2) is 54.7 Å². The smallest absolute Gasteiger partial charge is 0.248 e. The van der Waals surface area contributed by atoms with E-state index in [2.05, 4.69) is 38.4 Å². The van der Waals surface area contributed by atoms with Crippen molar-refractivity contribution >= 4 is 17.5 Å². The molecule has 0 aliphatic carbocycles. The molecule has 2 heterocycles. The summed E-state index contributed by atoms with van der Waals surface area (Å²) in [5.74, 6) is 0.608. The van der Waals surface area contributed by atoms with Gasteiger partial charge in [-0.05, 0) is 56.1 Å². The first-order chi connectivity index (χ1) is 16.9. The largest absolute Gasteiger partial charge is 0.487 e. The highest BCUT2D eigenvalue weighted by Gasteiger charge is 2.27. The topological polar surface area (TPSA) is 115 Å². The van der Waals surface area contributed by atoms with Gasteiger partial charge in [-0.2, -0.15) is 5.26 Å². The van der Waals surface area contributed by atoms with Crippen LogP contribution >= 0.6 is 0 Å². The van der Waals surface area contributed by atoms with E-state index in [1.807, 2.05) is 32.3 Å². The van der Waals surface area contributed by atoms with Crippen LogP contribution in [0.4, 0.5) is 11.6 Å². The number of aliphatic hydroxyl groups excluding tert-OH is 1. The number of hydrogen-bond donors (Lipinski definition) is 2. The van der Waals surface area contributed by atoms with Gasteiger partial charge in [-0.15, -0.1) is 0 Å². The minimum Gasteiger partial charge on any atom is -0.487 e. The molecule has 0 saturated carbocycles. The van der Waals surface area contributed by atoms with Gasteiger partial charge in [-0.25, -0.2) is 9.97 Å². The Labute approximate surface area is 204 Å². The van der Waals surface area contributed by atoms with Gasteiger partial charge in [0.15, 0.2) is 0 Å². The predicted octanol–water partition coefficient (Wildman–Crippen LogP) is 2.79. The molecule has 0 bridgehead atoms. The number of anilines is 2. The third-order valence-corrected chi connectivity index (χ3v) is 5.66. The number of ether oxygens (including phenoxy) is 1. The van der Waals surface area contributed by atoms with Crippen LogP contribution in [0.25, 0.3) is 11.3 Å². The quantitative estimate of drug-likeness (QED) is 0.514. The zero-order valence-electron chi connectivity index (χ0n) is 19.8. The van der Waals surface area contributed by atoms with Gasteiger partial charge in [0.2, 0.25) is 11.9 Å². The van der Waals surface area contributed by atoms with E-state index in [0.29, 0.717) is 42.5 Å². The Hall–Kier alpha value is -4.00. The van der Waals surface area contributed by atoms with Crippen LogP contribution < -0.4 is 10.1 Å². The first-order valence-corrected chi connectivity index (χ1v) is 11.4. The number of carbonyl (C=O) groups excluding carboxylic acids is 1. The van der Waals surface area contributed by atoms with Crippen molar-refractivity contribution in [2.24, 2.45) is 0 Å². The standard InChI is InChI=1S/C26H28N6O3/c1-31(2)15-18-4-3-5-21(12-18)29-26-28-10-8-23(30-26)19-6-7-24(20(13-19)14-27)35-22-9-11-32(16-22)25(34)17-33/h3-8,10,12-13,22,33H,9,11,15-17H2,1-2H3,(H,28,29,30)/t22-/m1/s1. The maximum atomic E-state index is 11.7. The molecule has 9 heteroatoms. The van der Waals surface area contributed by atoms with Gasteiger partial charge in [0.1, 0.15) is 24.5 Å². The minimum absolute atomic E-state index is 0.221. The van der Waals surface area contributed by atoms with Crippen LogP contribution in [0, 0.1) is 11.3 Å². The average Bonchev–Trinajstić information content (AvgIpc) is 3.32. The van der Waals surface area contributed by atoms with Crippen molar-refractivity contribution in [3.63, 3.8) is 0 Å². The fourth-order valence-electron chi connectivity index (χ4n) is 4.03. The van der Waals surface area contributed by atoms with Crippen LogP contribution in [0.5, 0.6) is 5.75 Å². The van der Waals surface area contributed by atoms with Gasteiger partial charge in [0.25, 0.3) is 0 Å². The number of nitrogens with zero attached hydrogens (tertiary/aromatic N) is 5. The SMILES string of the molecule is CN(C)Cc1cccc(Nc2nccc(-c3ccc(O[C@@H]4CCN(C(=O)CO)C4)c(C#N)c3)n2)c1. The summed E-state index contributed by atoms with van der Waals surface area (Å²) in [7, 11) is 4.05. The number of likely N-dealkylation sites (tertiary alicyclic amines) is 1. The van der Waals surface area contributed by atoms with E-state index in [-0.39, 0.29) is 12.0 Å². The van der Waals surface area contributed by atoms with Crippen molar-refractivity contribution in [1.29, 1.82) is 5.26 Å². The molecular weight excluding hydrogens is 444 g/mol. The summed E-state index contributed by atoms with van der Waals surface area (Å²) in [4.78, 5) is 24.3. The fourth-order valence-corrected chi connectivity index (χ4v) is 4.03. The Morgan fingerprint density at radius 3 is 2.91 bits per heavy atom. The maximum absolute atomic E-state index is 11.7. The molecule has 0 unspecified atom stereocenters. The van der Waals surface area contributed by atoms with Gasteiger partial charge < -0.3 is 25.0 Å². The number of nitriles is 1. The number of hydrogen-bond acceptors (Lipinski definition) is 8. The molecule has 2 N–H and O–H groups in total. The highest BCUT2D eigenvalue weighted by Crippen LogP contribution is 2.28. The molecule has 1 aliphatic rings. The number of benzene rings is 2. The lowest BCUT2D eigenvalue weighted by molar-refractivity contribution is -0.133. The minimum atomic E-state index is -0.512. The molecule has 2 aromatic carbocycles. The Bertz CT molecular complexity index is 1240. The molecule has 0 spiro atoms. The number of aromatic nitrogens is 2. The molecular formula is C26H28N6O3. The molecule has 35 heavy (non-hydrogen) atoms. The lowest BCUT2D eigenvalue weighted by Gasteiger charge is -2.17. The normalized spacial score (nSPS) is 15.2. The third kappa shape index (κ3) is 6.12. The van der Waals surface area contributed by atoms with Crippen LogP contribution in [0.2, 0.25) is 0 Å². The molecule has 180 valence electrons. The van der Waals surface area contributed by atoms with Crippen molar-refractivity contribution < 1.29 is 14.6 Å². The van der Waals surface area contributed by atoms with Gasteiger partial charge in [-0.1, -0.05) is 12.1 Å². The van der Waals surface area contributed by atoms with E-state index >= 15 is 0 Å². The number of nitrogens with one attached hydrogen (secondary N) is 1. The summed E-state index contributed by atoms with van der Waals surface area (Å²) in [6.07, 6.45) is 2.10. The fraction of sp³-hybridized carbons (Fsp3) is 0.308. The molecule has 1 amide bonds. The monoisotopic (exact) mass is 472 g/mol. The van der Waals surface area contributed by atoms with E-state index in [1.165, 1.54) is 5.56 Å². The Morgan fingerprint density at radius 1 is 1.29 bits per heavy atom. The van der Waals surface area contributed by atoms with E-state index < -0.39 is 6.61 Å². The molecule has 1 aromatic heterocycles. The van der Waals surface area contributed by atoms with Crippen LogP contribution in [0.1, 0.15) is 17.5 Å². The molecule has 1 saturated heterocycles. The van der Waals surface area contributed by atoms with Crippen molar-refractivity contribution in [1.82, 2.24) is 19.8 Å². The number of carbonyl (C=O) groups is 1. The van der Waals surface area contributed by atoms with Crippen molar-refractivity contribution in [2.45, 2.75) is 19.1 Å². The lowest BCUT2D eigenvalue weighted by atomic mass is 10.1. The second-order valence-electron chi connectivity index (χ2n) is 8.68. The maximum Gasteiger partial charge on any atom is 0.248 e. The van der Waals surface area contributed by atoms with Crippen LogP contribution in [-0.4, -0.2) is 70.7 Å². The average molecular weight is 473 g/mol. The summed E-state index contributed by atoms with van der Waals surface area (Å²) >= 11 is 0. The van der Waals surface area contributed by atoms with E-state index in [1.54, 1.807) is 29.3 Å². The Kier molecular flexibility index (Phi) is 7.55. The van der Waals surface area contributed by atoms with E-state index in [9.17, 15) is 10.1 Å². The van der Waals surface area contributed by atoms with Gasteiger partial charge in [-0.3, -0.25) is 4.79 Å². The summed E-state index contributed by atoms with van der Waals surface area (Å²) in [6, 6.07) is 17.4. The third-order valence-electron chi connectivity index (χ3n) is 5.66. The van der Waals surface area contributed by atoms with Crippen molar-refractivity contribution in [3.05, 3.63) is 65.9 Å². The summed E-state index contributed by atoms with van der Waals surface area (Å²) in [5.41, 5.74) is 3.91. The number of aliphatic hydroxyl groups is 1. The molecule has 1 aliphatic heterocycles. The predicted molar refractivity (Wildman–Crippen MR) is 132 cm³/mol. The molecule has 9 nitrogen and oxygen atoms in total. The summed E-state index contributed by atoms with van der Waals surface area (Å²) in [5, 5.41) is 22.0. The van der Waals surface area contributed by atoms with Crippen molar-refractivity contribution in [3.8, 4) is 23.1 Å². The molecule has 0 radical (unpaired) electrons. The first-order valence-electron chi connectivity index (χ1n) is 11.4. The zero-order valence-corrected chi connectivity index (χ0v) is 19.8. The zero-order chi connectivity index (χ0) is 24.8. The molecule has 1 atom stereocenters. The highest BCUT2D eigenvalue weighted by molar-refractivity contribution is 5.77. The van der Waals surface area contributed by atoms with Crippen LogP contribution in [-0.2, 0) is 11.3 Å². The highest BCUT2D eigenvalue weighted by atomic mass is 16.5. The van der Waals surface area contributed by atoms with E-state index in [0.717, 1.165) is 17.8 Å². The van der Waals surface area contributed by atoms with Gasteiger partial charge >= 0.3 is 0 Å². The molecule has 3 aromatic rings. The second kappa shape index (κ2) is 11.0. The van der Waals surface area contributed by atoms with Crippen LogP contribution in [0.3, 0.4) is 0 Å². The van der Waals surface area contributed by atoms with E-state index in [4.69, 9.17) is 9.84 Å². The molecule has 4 rings (SSSR count). The van der Waals surface area contributed by atoms with Gasteiger partial charge in [0.05, 0.1) is 17.8 Å². The summed E-state index contributed by atoms with van der Waals surface area (Å²) < 4.78 is 6.01. The van der Waals surface area contributed by atoms with Gasteiger partial charge in [0, 0.05) is 37.0 Å². The van der Waals surface area contributed by atoms with Crippen molar-refractivity contribution in [2.75, 3.05) is 39.1 Å². The number of amides is 1. The summed E-state index contributed by atoms with van der Waals surface area (Å²) in [6.45, 7) is 1.24. The number of rotatable bonds is 8. The first kappa shape index (κ1) is 24.1. The molecule has 1 fully saturated rings.